The van der Waals surface area contributed by atoms with Crippen molar-refractivity contribution in [1.82, 2.24) is 0 Å². The Bertz CT molecular complexity index is 2500. The molecule has 0 aliphatic carbocycles. The summed E-state index contributed by atoms with van der Waals surface area (Å²) in [5, 5.41) is 10.9. The molecule has 0 aromatic heterocycles. The van der Waals surface area contributed by atoms with Crippen molar-refractivity contribution >= 4 is 50.8 Å². The van der Waals surface area contributed by atoms with Crippen LogP contribution in [0.2, 0.25) is 13.1 Å². The second-order valence-electron chi connectivity index (χ2n) is 13.4. The second kappa shape index (κ2) is 10.1. The first-order valence-electron chi connectivity index (χ1n) is 16.3. The fraction of sp³-hybridized carbons (Fsp3) is 0.0667. The Hall–Kier alpha value is -5.24. The highest BCUT2D eigenvalue weighted by molar-refractivity contribution is 7.04. The minimum atomic E-state index is -1.89. The first-order valence-corrected chi connectivity index (χ1v) is 19.3. The van der Waals surface area contributed by atoms with Crippen LogP contribution in [0.1, 0.15) is 5.56 Å². The molecule has 9 rings (SSSR count). The standard InChI is InChI=1S/C45H34Si/c1-29-13-11-18-33(25-29)45-37-24-23-32(35-21-12-17-30-14-7-8-19-34(30)35)26-39(37)44(31-15-5-4-6-16-31)41-28-43-38(27-40(41)45)36-20-9-10-22-42(36)46(43,2)3/h4-28H,1-3H3. The molecule has 0 radical (unpaired) electrons. The predicted molar refractivity (Wildman–Crippen MR) is 202 cm³/mol. The van der Waals surface area contributed by atoms with Crippen LogP contribution < -0.4 is 10.4 Å². The summed E-state index contributed by atoms with van der Waals surface area (Å²) in [5.41, 5.74) is 11.8. The van der Waals surface area contributed by atoms with E-state index in [0.717, 1.165) is 0 Å². The van der Waals surface area contributed by atoms with Crippen LogP contribution in [0.5, 0.6) is 0 Å². The molecule has 0 unspecified atom stereocenters. The number of hydrogen-bond acceptors (Lipinski definition) is 0. The molecule has 218 valence electrons. The molecule has 0 fully saturated rings. The monoisotopic (exact) mass is 602 g/mol. The van der Waals surface area contributed by atoms with Crippen molar-refractivity contribution in [2.24, 2.45) is 0 Å². The zero-order valence-electron chi connectivity index (χ0n) is 26.4. The molecule has 1 heterocycles. The lowest BCUT2D eigenvalue weighted by Crippen LogP contribution is -2.49. The van der Waals surface area contributed by atoms with Gasteiger partial charge in [-0.1, -0.05) is 158 Å². The van der Waals surface area contributed by atoms with Gasteiger partial charge in [0.15, 0.2) is 0 Å². The van der Waals surface area contributed by atoms with Crippen molar-refractivity contribution in [3.05, 3.63) is 157 Å². The fourth-order valence-electron chi connectivity index (χ4n) is 8.09. The van der Waals surface area contributed by atoms with E-state index < -0.39 is 8.07 Å². The van der Waals surface area contributed by atoms with E-state index in [4.69, 9.17) is 0 Å². The normalized spacial score (nSPS) is 13.3. The Balaban J connectivity index is 1.47. The molecule has 0 saturated carbocycles. The predicted octanol–water partition coefficient (Wildman–Crippen LogP) is 11.3. The Morgan fingerprint density at radius 2 is 1.02 bits per heavy atom. The SMILES string of the molecule is Cc1cccc(-c2c3ccc(-c4cccc5ccccc45)cc3c(-c3ccccc3)c3cc4c(cc23)-c2ccccc2[Si]4(C)C)c1. The lowest BCUT2D eigenvalue weighted by atomic mass is 9.83. The van der Waals surface area contributed by atoms with Gasteiger partial charge in [0.1, 0.15) is 8.07 Å². The molecular weight excluding hydrogens is 569 g/mol. The van der Waals surface area contributed by atoms with Gasteiger partial charge < -0.3 is 0 Å². The van der Waals surface area contributed by atoms with E-state index >= 15 is 0 Å². The first kappa shape index (κ1) is 27.1. The average molecular weight is 603 g/mol. The summed E-state index contributed by atoms with van der Waals surface area (Å²) in [4.78, 5) is 0. The Labute approximate surface area is 271 Å². The molecule has 0 atom stereocenters. The van der Waals surface area contributed by atoms with Crippen molar-refractivity contribution in [2.75, 3.05) is 0 Å². The number of hydrogen-bond donors (Lipinski definition) is 0. The highest BCUT2D eigenvalue weighted by Gasteiger charge is 2.38. The number of benzene rings is 8. The van der Waals surface area contributed by atoms with Crippen LogP contribution in [0.4, 0.5) is 0 Å². The van der Waals surface area contributed by atoms with Gasteiger partial charge in [0.25, 0.3) is 0 Å². The van der Waals surface area contributed by atoms with Gasteiger partial charge in [-0.25, -0.2) is 0 Å². The minimum absolute atomic E-state index is 1.25. The zero-order valence-corrected chi connectivity index (χ0v) is 27.4. The molecule has 46 heavy (non-hydrogen) atoms. The topological polar surface area (TPSA) is 0 Å². The van der Waals surface area contributed by atoms with Crippen LogP contribution in [0.15, 0.2) is 152 Å². The molecule has 0 saturated heterocycles. The summed E-state index contributed by atoms with van der Waals surface area (Å²) in [7, 11) is -1.89. The van der Waals surface area contributed by atoms with Crippen LogP contribution in [-0.2, 0) is 0 Å². The maximum atomic E-state index is 2.59. The summed E-state index contributed by atoms with van der Waals surface area (Å²) in [6.07, 6.45) is 0. The summed E-state index contributed by atoms with van der Waals surface area (Å²) in [6, 6.07) is 57.0. The first-order chi connectivity index (χ1) is 22.5. The van der Waals surface area contributed by atoms with Crippen molar-refractivity contribution in [3.63, 3.8) is 0 Å². The third-order valence-corrected chi connectivity index (χ3v) is 13.8. The third kappa shape index (κ3) is 3.98. The lowest BCUT2D eigenvalue weighted by Gasteiger charge is -2.23. The largest absolute Gasteiger partial charge is 0.113 e. The van der Waals surface area contributed by atoms with Gasteiger partial charge >= 0.3 is 0 Å². The zero-order chi connectivity index (χ0) is 31.0. The van der Waals surface area contributed by atoms with E-state index in [2.05, 4.69) is 172 Å². The summed E-state index contributed by atoms with van der Waals surface area (Å²) < 4.78 is 0. The smallest absolute Gasteiger partial charge is 0.0623 e. The summed E-state index contributed by atoms with van der Waals surface area (Å²) in [6.45, 7) is 7.24. The highest BCUT2D eigenvalue weighted by atomic mass is 28.3. The van der Waals surface area contributed by atoms with Crippen molar-refractivity contribution in [2.45, 2.75) is 20.0 Å². The fourth-order valence-corrected chi connectivity index (χ4v) is 11.2. The molecule has 0 N–H and O–H groups in total. The van der Waals surface area contributed by atoms with Gasteiger partial charge in [0.2, 0.25) is 0 Å². The molecule has 0 amide bonds. The Morgan fingerprint density at radius 3 is 1.89 bits per heavy atom. The van der Waals surface area contributed by atoms with E-state index in [1.807, 2.05) is 0 Å². The maximum Gasteiger partial charge on any atom is 0.113 e. The molecule has 8 aromatic rings. The molecule has 0 bridgehead atoms. The molecule has 0 nitrogen and oxygen atoms in total. The Morgan fingerprint density at radius 1 is 0.370 bits per heavy atom. The lowest BCUT2D eigenvalue weighted by molar-refractivity contribution is 1.47. The quantitative estimate of drug-likeness (QED) is 0.139. The van der Waals surface area contributed by atoms with Gasteiger partial charge in [0, 0.05) is 0 Å². The van der Waals surface area contributed by atoms with Crippen LogP contribution in [0.3, 0.4) is 0 Å². The van der Waals surface area contributed by atoms with E-state index in [1.165, 1.54) is 87.6 Å². The van der Waals surface area contributed by atoms with Crippen LogP contribution in [-0.4, -0.2) is 8.07 Å². The van der Waals surface area contributed by atoms with Crippen molar-refractivity contribution in [3.8, 4) is 44.5 Å². The third-order valence-electron chi connectivity index (χ3n) is 10.3. The van der Waals surface area contributed by atoms with E-state index in [1.54, 1.807) is 5.19 Å². The Kier molecular flexibility index (Phi) is 5.97. The highest BCUT2D eigenvalue weighted by Crippen LogP contribution is 2.47. The number of rotatable bonds is 3. The second-order valence-corrected chi connectivity index (χ2v) is 17.7. The summed E-state index contributed by atoms with van der Waals surface area (Å²) in [5.74, 6) is 0. The minimum Gasteiger partial charge on any atom is -0.0623 e. The average Bonchev–Trinajstić information content (AvgIpc) is 3.31. The molecule has 8 aromatic carbocycles. The van der Waals surface area contributed by atoms with Crippen LogP contribution in [0, 0.1) is 6.92 Å². The van der Waals surface area contributed by atoms with E-state index in [0.29, 0.717) is 0 Å². The van der Waals surface area contributed by atoms with Crippen LogP contribution >= 0.6 is 0 Å². The molecular formula is C45H34Si. The van der Waals surface area contributed by atoms with E-state index in [9.17, 15) is 0 Å². The van der Waals surface area contributed by atoms with Crippen LogP contribution in [0.25, 0.3) is 76.8 Å². The van der Waals surface area contributed by atoms with Gasteiger partial charge in [-0.15, -0.1) is 0 Å². The molecule has 1 heteroatoms. The molecule has 0 spiro atoms. The van der Waals surface area contributed by atoms with Gasteiger partial charge in [-0.2, -0.15) is 0 Å². The van der Waals surface area contributed by atoms with Gasteiger partial charge in [0.05, 0.1) is 0 Å². The van der Waals surface area contributed by atoms with Gasteiger partial charge in [-0.05, 0) is 106 Å². The number of fused-ring (bicyclic) bond motifs is 6. The molecule has 1 aliphatic rings. The number of aryl methyl sites for hydroxylation is 1. The van der Waals surface area contributed by atoms with Gasteiger partial charge in [-0.3, -0.25) is 0 Å². The van der Waals surface area contributed by atoms with Crippen molar-refractivity contribution < 1.29 is 0 Å². The maximum absolute atomic E-state index is 2.59. The summed E-state index contributed by atoms with van der Waals surface area (Å²) >= 11 is 0. The van der Waals surface area contributed by atoms with E-state index in [-0.39, 0.29) is 0 Å². The van der Waals surface area contributed by atoms with Crippen molar-refractivity contribution in [1.29, 1.82) is 0 Å². The molecule has 1 aliphatic heterocycles.